The fraction of sp³-hybridized carbons (Fsp3) is 0.278. The van der Waals surface area contributed by atoms with E-state index < -0.39 is 0 Å². The van der Waals surface area contributed by atoms with Gasteiger partial charge in [-0.3, -0.25) is 14.5 Å². The molecule has 1 aliphatic heterocycles. The smallest absolute Gasteiger partial charge is 0.321 e. The molecule has 1 aromatic carbocycles. The van der Waals surface area contributed by atoms with Gasteiger partial charge in [0.25, 0.3) is 5.91 Å². The Balaban J connectivity index is 1.43. The lowest BCUT2D eigenvalue weighted by Crippen LogP contribution is -2.27. The van der Waals surface area contributed by atoms with E-state index in [1.807, 2.05) is 11.4 Å². The summed E-state index contributed by atoms with van der Waals surface area (Å²) in [6, 6.07) is 8.84. The lowest BCUT2D eigenvalue weighted by Gasteiger charge is -2.15. The molecular formula is C18H20N4O3S. The molecule has 1 saturated heterocycles. The van der Waals surface area contributed by atoms with Crippen LogP contribution >= 0.6 is 11.3 Å². The SMILES string of the molecule is O=C(CCCNC(=O)c1ccsc1)Nc1cccc(N2CCNC2=O)c1. The maximum absolute atomic E-state index is 12.1. The number of anilines is 2. The molecule has 7 nitrogen and oxygen atoms in total. The van der Waals surface area contributed by atoms with Gasteiger partial charge in [0.2, 0.25) is 5.91 Å². The molecule has 1 aliphatic rings. The Hall–Kier alpha value is -2.87. The molecule has 4 amide bonds. The molecule has 3 rings (SSSR count). The van der Waals surface area contributed by atoms with Crippen LogP contribution in [0.15, 0.2) is 41.1 Å². The Morgan fingerprint density at radius 3 is 2.88 bits per heavy atom. The van der Waals surface area contributed by atoms with Crippen molar-refractivity contribution in [1.82, 2.24) is 10.6 Å². The monoisotopic (exact) mass is 372 g/mol. The molecule has 2 heterocycles. The van der Waals surface area contributed by atoms with Crippen molar-refractivity contribution in [3.8, 4) is 0 Å². The van der Waals surface area contributed by atoms with Gasteiger partial charge in [0.05, 0.1) is 0 Å². The number of hydrogen-bond acceptors (Lipinski definition) is 4. The Labute approximate surface area is 155 Å². The first kappa shape index (κ1) is 17.9. The predicted molar refractivity (Wildman–Crippen MR) is 102 cm³/mol. The van der Waals surface area contributed by atoms with Crippen LogP contribution in [-0.4, -0.2) is 37.5 Å². The maximum Gasteiger partial charge on any atom is 0.321 e. The first-order chi connectivity index (χ1) is 12.6. The molecule has 8 heteroatoms. The van der Waals surface area contributed by atoms with E-state index in [0.29, 0.717) is 43.7 Å². The molecule has 0 aliphatic carbocycles. The summed E-state index contributed by atoms with van der Waals surface area (Å²) in [6.07, 6.45) is 0.855. The second-order valence-corrected chi connectivity index (χ2v) is 6.63. The zero-order valence-corrected chi connectivity index (χ0v) is 15.0. The highest BCUT2D eigenvalue weighted by Gasteiger charge is 2.21. The lowest BCUT2D eigenvalue weighted by molar-refractivity contribution is -0.116. The van der Waals surface area contributed by atoms with Crippen LogP contribution < -0.4 is 20.9 Å². The van der Waals surface area contributed by atoms with E-state index in [-0.39, 0.29) is 17.8 Å². The Kier molecular flexibility index (Phi) is 5.85. The second-order valence-electron chi connectivity index (χ2n) is 5.85. The predicted octanol–water partition coefficient (Wildman–Crippen LogP) is 2.43. The third-order valence-corrected chi connectivity index (χ3v) is 4.63. The first-order valence-corrected chi connectivity index (χ1v) is 9.33. The molecule has 136 valence electrons. The number of urea groups is 1. The van der Waals surface area contributed by atoms with E-state index in [0.717, 1.165) is 5.69 Å². The quantitative estimate of drug-likeness (QED) is 0.652. The minimum atomic E-state index is -0.130. The fourth-order valence-electron chi connectivity index (χ4n) is 2.64. The highest BCUT2D eigenvalue weighted by atomic mass is 32.1. The minimum absolute atomic E-state index is 0.122. The number of carbonyl (C=O) groups is 3. The van der Waals surface area contributed by atoms with Crippen molar-refractivity contribution in [1.29, 1.82) is 0 Å². The van der Waals surface area contributed by atoms with Gasteiger partial charge >= 0.3 is 6.03 Å². The number of carbonyl (C=O) groups excluding carboxylic acids is 3. The largest absolute Gasteiger partial charge is 0.352 e. The highest BCUT2D eigenvalue weighted by molar-refractivity contribution is 7.08. The van der Waals surface area contributed by atoms with Gasteiger partial charge in [0, 0.05) is 48.4 Å². The summed E-state index contributed by atoms with van der Waals surface area (Å²) in [4.78, 5) is 37.2. The van der Waals surface area contributed by atoms with Crippen molar-refractivity contribution in [3.63, 3.8) is 0 Å². The summed E-state index contributed by atoms with van der Waals surface area (Å²) in [5.74, 6) is -0.249. The van der Waals surface area contributed by atoms with Crippen LogP contribution in [0.4, 0.5) is 16.2 Å². The van der Waals surface area contributed by atoms with Crippen molar-refractivity contribution in [2.75, 3.05) is 29.9 Å². The van der Waals surface area contributed by atoms with Crippen LogP contribution in [0.5, 0.6) is 0 Å². The van der Waals surface area contributed by atoms with Crippen LogP contribution in [0, 0.1) is 0 Å². The zero-order chi connectivity index (χ0) is 18.4. The van der Waals surface area contributed by atoms with Crippen LogP contribution in [0.1, 0.15) is 23.2 Å². The van der Waals surface area contributed by atoms with Crippen molar-refractivity contribution in [2.45, 2.75) is 12.8 Å². The number of thiophene rings is 1. The van der Waals surface area contributed by atoms with E-state index in [4.69, 9.17) is 0 Å². The highest BCUT2D eigenvalue weighted by Crippen LogP contribution is 2.21. The second kappa shape index (κ2) is 8.48. The van der Waals surface area contributed by atoms with E-state index in [1.54, 1.807) is 34.5 Å². The van der Waals surface area contributed by atoms with Crippen LogP contribution in [0.3, 0.4) is 0 Å². The van der Waals surface area contributed by atoms with E-state index >= 15 is 0 Å². The third kappa shape index (κ3) is 4.60. The molecular weight excluding hydrogens is 352 g/mol. The summed E-state index contributed by atoms with van der Waals surface area (Å²) in [5, 5.41) is 12.0. The molecule has 1 fully saturated rings. The van der Waals surface area contributed by atoms with E-state index in [1.165, 1.54) is 11.3 Å². The summed E-state index contributed by atoms with van der Waals surface area (Å²) >= 11 is 1.47. The van der Waals surface area contributed by atoms with Gasteiger partial charge in [-0.2, -0.15) is 11.3 Å². The van der Waals surface area contributed by atoms with Crippen LogP contribution in [-0.2, 0) is 4.79 Å². The molecule has 2 aromatic rings. The van der Waals surface area contributed by atoms with E-state index in [9.17, 15) is 14.4 Å². The molecule has 0 spiro atoms. The number of nitrogens with zero attached hydrogens (tertiary/aromatic N) is 1. The average molecular weight is 372 g/mol. The van der Waals surface area contributed by atoms with Gasteiger partial charge < -0.3 is 16.0 Å². The summed E-state index contributed by atoms with van der Waals surface area (Å²) in [7, 11) is 0. The fourth-order valence-corrected chi connectivity index (χ4v) is 3.28. The molecule has 0 atom stereocenters. The molecule has 26 heavy (non-hydrogen) atoms. The Morgan fingerprint density at radius 1 is 1.27 bits per heavy atom. The van der Waals surface area contributed by atoms with Crippen LogP contribution in [0.25, 0.3) is 0 Å². The Bertz CT molecular complexity index is 791. The van der Waals surface area contributed by atoms with Crippen LogP contribution in [0.2, 0.25) is 0 Å². The summed E-state index contributed by atoms with van der Waals surface area (Å²) < 4.78 is 0. The number of hydrogen-bond donors (Lipinski definition) is 3. The molecule has 0 radical (unpaired) electrons. The number of amides is 4. The van der Waals surface area contributed by atoms with E-state index in [2.05, 4.69) is 16.0 Å². The first-order valence-electron chi connectivity index (χ1n) is 8.39. The molecule has 0 bridgehead atoms. The summed E-state index contributed by atoms with van der Waals surface area (Å²) in [5.41, 5.74) is 2.04. The minimum Gasteiger partial charge on any atom is -0.352 e. The van der Waals surface area contributed by atoms with Crippen molar-refractivity contribution < 1.29 is 14.4 Å². The van der Waals surface area contributed by atoms with Crippen molar-refractivity contribution in [3.05, 3.63) is 46.7 Å². The van der Waals surface area contributed by atoms with Crippen molar-refractivity contribution >= 4 is 40.6 Å². The number of benzene rings is 1. The molecule has 0 saturated carbocycles. The average Bonchev–Trinajstić information content (AvgIpc) is 3.30. The van der Waals surface area contributed by atoms with Gasteiger partial charge in [-0.25, -0.2) is 4.79 Å². The molecule has 1 aromatic heterocycles. The topological polar surface area (TPSA) is 90.5 Å². The maximum atomic E-state index is 12.1. The van der Waals surface area contributed by atoms with Gasteiger partial charge in [0.15, 0.2) is 0 Å². The summed E-state index contributed by atoms with van der Waals surface area (Å²) in [6.45, 7) is 1.67. The van der Waals surface area contributed by atoms with Gasteiger partial charge in [0.1, 0.15) is 0 Å². The third-order valence-electron chi connectivity index (χ3n) is 3.95. The molecule has 0 unspecified atom stereocenters. The van der Waals surface area contributed by atoms with Crippen molar-refractivity contribution in [2.24, 2.45) is 0 Å². The number of rotatable bonds is 7. The standard InChI is InChI=1S/C18H20N4O3S/c23-16(5-2-7-19-17(24)13-6-10-26-12-13)21-14-3-1-4-15(11-14)22-9-8-20-18(22)25/h1,3-4,6,10-12H,2,5,7-9H2,(H,19,24)(H,20,25)(H,21,23). The van der Waals surface area contributed by atoms with Gasteiger partial charge in [-0.05, 0) is 36.1 Å². The van der Waals surface area contributed by atoms with Gasteiger partial charge in [-0.1, -0.05) is 6.07 Å². The zero-order valence-electron chi connectivity index (χ0n) is 14.2. The normalized spacial score (nSPS) is 13.4. The lowest BCUT2D eigenvalue weighted by atomic mass is 10.2. The molecule has 3 N–H and O–H groups in total. The Morgan fingerprint density at radius 2 is 2.15 bits per heavy atom. The van der Waals surface area contributed by atoms with Gasteiger partial charge in [-0.15, -0.1) is 0 Å². The number of nitrogens with one attached hydrogen (secondary N) is 3.